The molecule has 0 aromatic carbocycles. The van der Waals surface area contributed by atoms with Gasteiger partial charge in [0.05, 0.1) is 5.69 Å². The molecule has 0 fully saturated rings. The highest BCUT2D eigenvalue weighted by Gasteiger charge is 2.03. The molecule has 1 rings (SSSR count). The van der Waals surface area contributed by atoms with Gasteiger partial charge in [-0.3, -0.25) is 9.88 Å². The Morgan fingerprint density at radius 3 is 2.80 bits per heavy atom. The standard InChI is InChI=1S/C12H19BrN2/c1-2-15(10-6-4-8-13)11-12-7-3-5-9-14-12/h3,5,7,9H,2,4,6,8,10-11H2,1H3. The van der Waals surface area contributed by atoms with Crippen LogP contribution in [-0.2, 0) is 6.54 Å². The van der Waals surface area contributed by atoms with E-state index in [4.69, 9.17) is 0 Å². The van der Waals surface area contributed by atoms with E-state index in [1.807, 2.05) is 12.3 Å². The molecule has 2 nitrogen and oxygen atoms in total. The molecule has 84 valence electrons. The van der Waals surface area contributed by atoms with Crippen LogP contribution in [0.1, 0.15) is 25.5 Å². The summed E-state index contributed by atoms with van der Waals surface area (Å²) < 4.78 is 0. The summed E-state index contributed by atoms with van der Waals surface area (Å²) in [5.41, 5.74) is 1.16. The number of pyridine rings is 1. The first-order chi connectivity index (χ1) is 7.36. The number of halogens is 1. The van der Waals surface area contributed by atoms with Crippen molar-refractivity contribution in [2.24, 2.45) is 0 Å². The van der Waals surface area contributed by atoms with Gasteiger partial charge in [0, 0.05) is 18.1 Å². The second-order valence-electron chi connectivity index (χ2n) is 3.59. The molecule has 0 amide bonds. The van der Waals surface area contributed by atoms with Crippen LogP contribution in [0.2, 0.25) is 0 Å². The van der Waals surface area contributed by atoms with E-state index in [0.29, 0.717) is 0 Å². The van der Waals surface area contributed by atoms with Gasteiger partial charge in [0.2, 0.25) is 0 Å². The summed E-state index contributed by atoms with van der Waals surface area (Å²) in [6, 6.07) is 6.10. The molecular formula is C12H19BrN2. The van der Waals surface area contributed by atoms with Crippen LogP contribution in [0.5, 0.6) is 0 Å². The van der Waals surface area contributed by atoms with E-state index in [0.717, 1.165) is 24.1 Å². The monoisotopic (exact) mass is 270 g/mol. The van der Waals surface area contributed by atoms with Gasteiger partial charge in [-0.15, -0.1) is 0 Å². The van der Waals surface area contributed by atoms with Gasteiger partial charge in [0.25, 0.3) is 0 Å². The minimum absolute atomic E-state index is 0.972. The predicted molar refractivity (Wildman–Crippen MR) is 68.2 cm³/mol. The Bertz CT molecular complexity index is 251. The van der Waals surface area contributed by atoms with E-state index in [1.54, 1.807) is 0 Å². The van der Waals surface area contributed by atoms with Crippen molar-refractivity contribution in [1.82, 2.24) is 9.88 Å². The third-order valence-corrected chi connectivity index (χ3v) is 2.98. The second-order valence-corrected chi connectivity index (χ2v) is 4.38. The molecule has 15 heavy (non-hydrogen) atoms. The first-order valence-corrected chi connectivity index (χ1v) is 6.67. The molecule has 0 saturated carbocycles. The fourth-order valence-electron chi connectivity index (χ4n) is 1.50. The summed E-state index contributed by atoms with van der Waals surface area (Å²) in [5.74, 6) is 0. The average Bonchev–Trinajstić information content (AvgIpc) is 2.29. The van der Waals surface area contributed by atoms with Gasteiger partial charge in [-0.2, -0.15) is 0 Å². The van der Waals surface area contributed by atoms with Gasteiger partial charge in [-0.25, -0.2) is 0 Å². The summed E-state index contributed by atoms with van der Waals surface area (Å²) in [5, 5.41) is 1.11. The zero-order valence-corrected chi connectivity index (χ0v) is 10.9. The van der Waals surface area contributed by atoms with Gasteiger partial charge in [-0.05, 0) is 38.1 Å². The largest absolute Gasteiger partial charge is 0.298 e. The van der Waals surface area contributed by atoms with Crippen molar-refractivity contribution in [1.29, 1.82) is 0 Å². The fraction of sp³-hybridized carbons (Fsp3) is 0.583. The van der Waals surface area contributed by atoms with E-state index < -0.39 is 0 Å². The Kier molecular flexibility index (Phi) is 6.60. The highest BCUT2D eigenvalue weighted by atomic mass is 79.9. The van der Waals surface area contributed by atoms with Crippen molar-refractivity contribution in [3.05, 3.63) is 30.1 Å². The van der Waals surface area contributed by atoms with Gasteiger partial charge in [0.1, 0.15) is 0 Å². The number of hydrogen-bond donors (Lipinski definition) is 0. The maximum atomic E-state index is 4.34. The molecule has 0 atom stereocenters. The Hall–Kier alpha value is -0.410. The smallest absolute Gasteiger partial charge is 0.0543 e. The van der Waals surface area contributed by atoms with Crippen molar-refractivity contribution < 1.29 is 0 Å². The minimum Gasteiger partial charge on any atom is -0.298 e. The normalized spacial score (nSPS) is 10.9. The molecule has 0 aliphatic heterocycles. The molecular weight excluding hydrogens is 252 g/mol. The Morgan fingerprint density at radius 2 is 2.20 bits per heavy atom. The molecule has 0 unspecified atom stereocenters. The van der Waals surface area contributed by atoms with Crippen LogP contribution < -0.4 is 0 Å². The lowest BCUT2D eigenvalue weighted by molar-refractivity contribution is 0.272. The second kappa shape index (κ2) is 7.83. The lowest BCUT2D eigenvalue weighted by Gasteiger charge is -2.19. The number of nitrogens with zero attached hydrogens (tertiary/aromatic N) is 2. The lowest BCUT2D eigenvalue weighted by atomic mass is 10.3. The maximum Gasteiger partial charge on any atom is 0.0543 e. The van der Waals surface area contributed by atoms with Gasteiger partial charge in [-0.1, -0.05) is 28.9 Å². The van der Waals surface area contributed by atoms with E-state index in [1.165, 1.54) is 19.4 Å². The minimum atomic E-state index is 0.972. The zero-order valence-electron chi connectivity index (χ0n) is 9.32. The van der Waals surface area contributed by atoms with Crippen molar-refractivity contribution in [3.8, 4) is 0 Å². The van der Waals surface area contributed by atoms with Crippen LogP contribution in [0.15, 0.2) is 24.4 Å². The van der Waals surface area contributed by atoms with Crippen LogP contribution in [-0.4, -0.2) is 28.3 Å². The first-order valence-electron chi connectivity index (χ1n) is 5.55. The molecule has 0 bridgehead atoms. The zero-order chi connectivity index (χ0) is 10.9. The van der Waals surface area contributed by atoms with Crippen molar-refractivity contribution in [2.75, 3.05) is 18.4 Å². The SMILES string of the molecule is CCN(CCCCBr)Cc1ccccn1. The lowest BCUT2D eigenvalue weighted by Crippen LogP contribution is -2.24. The predicted octanol–water partition coefficient (Wildman–Crippen LogP) is 3.08. The summed E-state index contributed by atoms with van der Waals surface area (Å²) in [4.78, 5) is 6.78. The summed E-state index contributed by atoms with van der Waals surface area (Å²) in [7, 11) is 0. The Morgan fingerprint density at radius 1 is 1.33 bits per heavy atom. The van der Waals surface area contributed by atoms with Crippen molar-refractivity contribution in [2.45, 2.75) is 26.3 Å². The molecule has 3 heteroatoms. The van der Waals surface area contributed by atoms with Crippen LogP contribution in [0.25, 0.3) is 0 Å². The van der Waals surface area contributed by atoms with Crippen LogP contribution in [0, 0.1) is 0 Å². The van der Waals surface area contributed by atoms with E-state index in [2.05, 4.69) is 44.9 Å². The number of aromatic nitrogens is 1. The van der Waals surface area contributed by atoms with Crippen LogP contribution >= 0.6 is 15.9 Å². The number of alkyl halides is 1. The molecule has 0 aliphatic rings. The molecule has 1 heterocycles. The Labute approximate surface area is 101 Å². The third-order valence-electron chi connectivity index (χ3n) is 2.42. The Balaban J connectivity index is 2.33. The van der Waals surface area contributed by atoms with Gasteiger partial charge >= 0.3 is 0 Å². The number of unbranched alkanes of at least 4 members (excludes halogenated alkanes) is 1. The van der Waals surface area contributed by atoms with E-state index in [9.17, 15) is 0 Å². The summed E-state index contributed by atoms with van der Waals surface area (Å²) in [6.45, 7) is 5.44. The number of rotatable bonds is 7. The molecule has 0 N–H and O–H groups in total. The van der Waals surface area contributed by atoms with Gasteiger partial charge in [0.15, 0.2) is 0 Å². The van der Waals surface area contributed by atoms with Crippen molar-refractivity contribution in [3.63, 3.8) is 0 Å². The summed E-state index contributed by atoms with van der Waals surface area (Å²) >= 11 is 3.46. The highest BCUT2D eigenvalue weighted by Crippen LogP contribution is 2.03. The van der Waals surface area contributed by atoms with Gasteiger partial charge < -0.3 is 0 Å². The average molecular weight is 271 g/mol. The number of hydrogen-bond acceptors (Lipinski definition) is 2. The topological polar surface area (TPSA) is 16.1 Å². The van der Waals surface area contributed by atoms with Crippen LogP contribution in [0.3, 0.4) is 0 Å². The molecule has 0 aliphatic carbocycles. The quantitative estimate of drug-likeness (QED) is 0.559. The van der Waals surface area contributed by atoms with E-state index in [-0.39, 0.29) is 0 Å². The van der Waals surface area contributed by atoms with Crippen LogP contribution in [0.4, 0.5) is 0 Å². The molecule has 0 radical (unpaired) electrons. The molecule has 1 aromatic rings. The molecule has 0 spiro atoms. The van der Waals surface area contributed by atoms with E-state index >= 15 is 0 Å². The maximum absolute atomic E-state index is 4.34. The molecule has 0 saturated heterocycles. The summed E-state index contributed by atoms with van der Waals surface area (Å²) in [6.07, 6.45) is 4.37. The fourth-order valence-corrected chi connectivity index (χ4v) is 1.90. The molecule has 1 aromatic heterocycles. The third kappa shape index (κ3) is 5.28. The highest BCUT2D eigenvalue weighted by molar-refractivity contribution is 9.09. The van der Waals surface area contributed by atoms with Crippen molar-refractivity contribution >= 4 is 15.9 Å². The first kappa shape index (κ1) is 12.7.